The van der Waals surface area contributed by atoms with Gasteiger partial charge in [0.15, 0.2) is 0 Å². The van der Waals surface area contributed by atoms with Gasteiger partial charge in [-0.2, -0.15) is 0 Å². The molecule has 0 aliphatic heterocycles. The summed E-state index contributed by atoms with van der Waals surface area (Å²) in [6.45, 7) is 7.91. The smallest absolute Gasteiger partial charge is 0.0416 e. The summed E-state index contributed by atoms with van der Waals surface area (Å²) in [5.74, 6) is 0. The first-order valence-electron chi connectivity index (χ1n) is 5.49. The normalized spacial score (nSPS) is 10.8. The standard InChI is InChI=1S/C12H20N2/c1-3-10-14(4-2)11-8-12-7-5-6-9-13-12/h5-7,9H,3-4,8,10-11H2,1-2H3. The highest BCUT2D eigenvalue weighted by Crippen LogP contribution is 1.98. The molecule has 2 heteroatoms. The molecule has 0 aliphatic rings. The summed E-state index contributed by atoms with van der Waals surface area (Å²) in [5, 5.41) is 0. The molecule has 78 valence electrons. The molecule has 0 aliphatic carbocycles. The van der Waals surface area contributed by atoms with E-state index in [2.05, 4.69) is 35.9 Å². The van der Waals surface area contributed by atoms with Gasteiger partial charge in [0.1, 0.15) is 0 Å². The van der Waals surface area contributed by atoms with Crippen molar-refractivity contribution in [3.63, 3.8) is 0 Å². The number of nitrogens with zero attached hydrogens (tertiary/aromatic N) is 2. The van der Waals surface area contributed by atoms with E-state index in [1.807, 2.05) is 12.3 Å². The van der Waals surface area contributed by atoms with Crippen molar-refractivity contribution < 1.29 is 0 Å². The fourth-order valence-corrected chi connectivity index (χ4v) is 1.56. The third-order valence-electron chi connectivity index (χ3n) is 2.40. The van der Waals surface area contributed by atoms with E-state index in [0.29, 0.717) is 0 Å². The zero-order valence-electron chi connectivity index (χ0n) is 9.24. The predicted molar refractivity (Wildman–Crippen MR) is 60.3 cm³/mol. The van der Waals surface area contributed by atoms with Crippen LogP contribution in [0, 0.1) is 0 Å². The molecule has 0 saturated heterocycles. The van der Waals surface area contributed by atoms with E-state index in [9.17, 15) is 0 Å². The van der Waals surface area contributed by atoms with Crippen LogP contribution in [0.4, 0.5) is 0 Å². The SMILES string of the molecule is CCCN(CC)CCc1ccccn1. The highest BCUT2D eigenvalue weighted by molar-refractivity contribution is 5.03. The highest BCUT2D eigenvalue weighted by atomic mass is 15.1. The lowest BCUT2D eigenvalue weighted by Crippen LogP contribution is -2.26. The second kappa shape index (κ2) is 6.55. The average molecular weight is 192 g/mol. The monoisotopic (exact) mass is 192 g/mol. The molecule has 0 bridgehead atoms. The van der Waals surface area contributed by atoms with Crippen LogP contribution in [0.15, 0.2) is 24.4 Å². The van der Waals surface area contributed by atoms with Crippen molar-refractivity contribution in [3.05, 3.63) is 30.1 Å². The highest BCUT2D eigenvalue weighted by Gasteiger charge is 2.01. The van der Waals surface area contributed by atoms with E-state index in [1.165, 1.54) is 18.7 Å². The van der Waals surface area contributed by atoms with Crippen LogP contribution >= 0.6 is 0 Å². The van der Waals surface area contributed by atoms with Crippen molar-refractivity contribution in [2.24, 2.45) is 0 Å². The first-order valence-corrected chi connectivity index (χ1v) is 5.49. The maximum Gasteiger partial charge on any atom is 0.0416 e. The molecule has 2 nitrogen and oxygen atoms in total. The van der Waals surface area contributed by atoms with Gasteiger partial charge in [-0.05, 0) is 31.6 Å². The molecule has 1 aromatic heterocycles. The van der Waals surface area contributed by atoms with Gasteiger partial charge in [-0.1, -0.05) is 19.9 Å². The van der Waals surface area contributed by atoms with Gasteiger partial charge in [0.25, 0.3) is 0 Å². The summed E-state index contributed by atoms with van der Waals surface area (Å²) >= 11 is 0. The van der Waals surface area contributed by atoms with Gasteiger partial charge in [0.05, 0.1) is 0 Å². The number of hydrogen-bond donors (Lipinski definition) is 0. The second-order valence-electron chi connectivity index (χ2n) is 3.51. The number of aromatic nitrogens is 1. The molecular weight excluding hydrogens is 172 g/mol. The average Bonchev–Trinajstić information content (AvgIpc) is 2.25. The molecular formula is C12H20N2. The molecule has 1 heterocycles. The Kier molecular flexibility index (Phi) is 5.23. The minimum atomic E-state index is 1.06. The van der Waals surface area contributed by atoms with Gasteiger partial charge in [-0.3, -0.25) is 4.98 Å². The van der Waals surface area contributed by atoms with E-state index in [4.69, 9.17) is 0 Å². The first kappa shape index (κ1) is 11.2. The summed E-state index contributed by atoms with van der Waals surface area (Å²) in [6, 6.07) is 6.12. The van der Waals surface area contributed by atoms with E-state index < -0.39 is 0 Å². The number of rotatable bonds is 6. The van der Waals surface area contributed by atoms with E-state index in [1.54, 1.807) is 0 Å². The molecule has 0 radical (unpaired) electrons. The molecule has 0 spiro atoms. The maximum atomic E-state index is 4.32. The van der Waals surface area contributed by atoms with Crippen LogP contribution in [0.5, 0.6) is 0 Å². The molecule has 0 amide bonds. The first-order chi connectivity index (χ1) is 6.86. The Hall–Kier alpha value is -0.890. The largest absolute Gasteiger partial charge is 0.303 e. The van der Waals surface area contributed by atoms with Crippen molar-refractivity contribution in [1.29, 1.82) is 0 Å². The lowest BCUT2D eigenvalue weighted by Gasteiger charge is -2.18. The summed E-state index contributed by atoms with van der Waals surface area (Å²) in [7, 11) is 0. The van der Waals surface area contributed by atoms with E-state index in [0.717, 1.165) is 19.5 Å². The Balaban J connectivity index is 2.32. The summed E-state index contributed by atoms with van der Waals surface area (Å²) in [4.78, 5) is 6.79. The lowest BCUT2D eigenvalue weighted by atomic mass is 10.2. The quantitative estimate of drug-likeness (QED) is 0.688. The van der Waals surface area contributed by atoms with Crippen LogP contribution in [-0.4, -0.2) is 29.5 Å². The molecule has 0 atom stereocenters. The van der Waals surface area contributed by atoms with E-state index >= 15 is 0 Å². The molecule has 0 N–H and O–H groups in total. The molecule has 1 rings (SSSR count). The van der Waals surface area contributed by atoms with Crippen LogP contribution in [0.3, 0.4) is 0 Å². The van der Waals surface area contributed by atoms with Crippen LogP contribution in [0.2, 0.25) is 0 Å². The Morgan fingerprint density at radius 2 is 2.07 bits per heavy atom. The van der Waals surface area contributed by atoms with Crippen LogP contribution in [-0.2, 0) is 6.42 Å². The number of hydrogen-bond acceptors (Lipinski definition) is 2. The van der Waals surface area contributed by atoms with Crippen LogP contribution in [0.1, 0.15) is 26.0 Å². The van der Waals surface area contributed by atoms with Gasteiger partial charge in [0, 0.05) is 24.9 Å². The molecule has 1 aromatic rings. The predicted octanol–water partition coefficient (Wildman–Crippen LogP) is 2.36. The third kappa shape index (κ3) is 3.88. The van der Waals surface area contributed by atoms with Crippen LogP contribution in [0.25, 0.3) is 0 Å². The number of pyridine rings is 1. The molecule has 0 aromatic carbocycles. The second-order valence-corrected chi connectivity index (χ2v) is 3.51. The molecule has 0 saturated carbocycles. The fourth-order valence-electron chi connectivity index (χ4n) is 1.56. The maximum absolute atomic E-state index is 4.32. The van der Waals surface area contributed by atoms with Crippen LogP contribution < -0.4 is 0 Å². The van der Waals surface area contributed by atoms with Crippen molar-refractivity contribution in [2.75, 3.05) is 19.6 Å². The fraction of sp³-hybridized carbons (Fsp3) is 0.583. The van der Waals surface area contributed by atoms with E-state index in [-0.39, 0.29) is 0 Å². The van der Waals surface area contributed by atoms with Crippen molar-refractivity contribution in [3.8, 4) is 0 Å². The zero-order chi connectivity index (χ0) is 10.2. The minimum Gasteiger partial charge on any atom is -0.303 e. The van der Waals surface area contributed by atoms with Gasteiger partial charge in [-0.15, -0.1) is 0 Å². The Bertz CT molecular complexity index is 233. The molecule has 14 heavy (non-hydrogen) atoms. The minimum absolute atomic E-state index is 1.06. The molecule has 0 fully saturated rings. The summed E-state index contributed by atoms with van der Waals surface area (Å²) in [6.07, 6.45) is 4.16. The third-order valence-corrected chi connectivity index (χ3v) is 2.40. The van der Waals surface area contributed by atoms with Gasteiger partial charge < -0.3 is 4.90 Å². The summed E-state index contributed by atoms with van der Waals surface area (Å²) < 4.78 is 0. The van der Waals surface area contributed by atoms with Gasteiger partial charge in [-0.25, -0.2) is 0 Å². The van der Waals surface area contributed by atoms with Crippen molar-refractivity contribution >= 4 is 0 Å². The summed E-state index contributed by atoms with van der Waals surface area (Å²) in [5.41, 5.74) is 1.20. The Labute approximate surface area is 87.0 Å². The zero-order valence-corrected chi connectivity index (χ0v) is 9.24. The van der Waals surface area contributed by atoms with Crippen molar-refractivity contribution in [1.82, 2.24) is 9.88 Å². The number of likely N-dealkylation sites (N-methyl/N-ethyl adjacent to an activating group) is 1. The lowest BCUT2D eigenvalue weighted by molar-refractivity contribution is 0.291. The molecule has 0 unspecified atom stereocenters. The van der Waals surface area contributed by atoms with Gasteiger partial charge in [0.2, 0.25) is 0 Å². The Morgan fingerprint density at radius 3 is 2.64 bits per heavy atom. The van der Waals surface area contributed by atoms with Gasteiger partial charge >= 0.3 is 0 Å². The van der Waals surface area contributed by atoms with Crippen molar-refractivity contribution in [2.45, 2.75) is 26.7 Å². The Morgan fingerprint density at radius 1 is 1.21 bits per heavy atom. The topological polar surface area (TPSA) is 16.1 Å².